The first-order chi connectivity index (χ1) is 10.1. The number of nitrogens with zero attached hydrogens (tertiary/aromatic N) is 2. The molecular formula is C18H26N2O. The standard InChI is InChI=1S/C18H26N2O/c1-14-7-10-19(11-8-14)12-9-18(21)20-15(2)13-16-5-3-4-6-17(16)20/h3-6,14-15H,7-13H2,1-2H3/t15-/m1/s1. The topological polar surface area (TPSA) is 23.6 Å². The molecule has 0 N–H and O–H groups in total. The molecule has 3 rings (SSSR count). The summed E-state index contributed by atoms with van der Waals surface area (Å²) >= 11 is 0. The molecule has 0 unspecified atom stereocenters. The van der Waals surface area contributed by atoms with E-state index < -0.39 is 0 Å². The molecule has 2 aliphatic heterocycles. The van der Waals surface area contributed by atoms with Crippen molar-refractivity contribution in [1.29, 1.82) is 0 Å². The van der Waals surface area contributed by atoms with Crippen LogP contribution in [0.1, 0.15) is 38.7 Å². The van der Waals surface area contributed by atoms with Crippen molar-refractivity contribution in [3.63, 3.8) is 0 Å². The lowest BCUT2D eigenvalue weighted by atomic mass is 9.99. The van der Waals surface area contributed by atoms with Crippen LogP contribution in [-0.4, -0.2) is 36.5 Å². The van der Waals surface area contributed by atoms with E-state index in [1.807, 2.05) is 11.0 Å². The SMILES string of the molecule is CC1CCN(CCC(=O)N2c3ccccc3C[C@H]2C)CC1. The van der Waals surface area contributed by atoms with Crippen molar-refractivity contribution in [3.8, 4) is 0 Å². The Morgan fingerprint density at radius 2 is 1.90 bits per heavy atom. The summed E-state index contributed by atoms with van der Waals surface area (Å²) in [5.41, 5.74) is 2.44. The first-order valence-corrected chi connectivity index (χ1v) is 8.27. The summed E-state index contributed by atoms with van der Waals surface area (Å²) in [5, 5.41) is 0. The summed E-state index contributed by atoms with van der Waals surface area (Å²) in [7, 11) is 0. The smallest absolute Gasteiger partial charge is 0.228 e. The molecular weight excluding hydrogens is 260 g/mol. The summed E-state index contributed by atoms with van der Waals surface area (Å²) in [6.07, 6.45) is 4.18. The summed E-state index contributed by atoms with van der Waals surface area (Å²) in [4.78, 5) is 17.1. The maximum Gasteiger partial charge on any atom is 0.228 e. The summed E-state index contributed by atoms with van der Waals surface area (Å²) < 4.78 is 0. The van der Waals surface area contributed by atoms with Crippen molar-refractivity contribution in [3.05, 3.63) is 29.8 Å². The number of fused-ring (bicyclic) bond motifs is 1. The number of hydrogen-bond acceptors (Lipinski definition) is 2. The van der Waals surface area contributed by atoms with Gasteiger partial charge in [0.05, 0.1) is 0 Å². The van der Waals surface area contributed by atoms with Crippen LogP contribution < -0.4 is 4.90 Å². The summed E-state index contributed by atoms with van der Waals surface area (Å²) in [5.74, 6) is 1.13. The van der Waals surface area contributed by atoms with Gasteiger partial charge in [0.1, 0.15) is 0 Å². The van der Waals surface area contributed by atoms with Gasteiger partial charge in [0, 0.05) is 24.7 Å². The van der Waals surface area contributed by atoms with Crippen molar-refractivity contribution in [2.24, 2.45) is 5.92 Å². The van der Waals surface area contributed by atoms with Crippen LogP contribution in [0.5, 0.6) is 0 Å². The Labute approximate surface area is 127 Å². The van der Waals surface area contributed by atoms with Gasteiger partial charge < -0.3 is 9.80 Å². The summed E-state index contributed by atoms with van der Waals surface area (Å²) in [6, 6.07) is 8.62. The van der Waals surface area contributed by atoms with E-state index in [9.17, 15) is 4.79 Å². The molecule has 1 aromatic rings. The highest BCUT2D eigenvalue weighted by Gasteiger charge is 2.30. The second kappa shape index (κ2) is 6.18. The normalized spacial score (nSPS) is 23.3. The van der Waals surface area contributed by atoms with Gasteiger partial charge in [-0.1, -0.05) is 25.1 Å². The molecule has 0 bridgehead atoms. The Hall–Kier alpha value is -1.35. The van der Waals surface area contributed by atoms with Gasteiger partial charge in [-0.25, -0.2) is 0 Å². The van der Waals surface area contributed by atoms with Crippen LogP contribution >= 0.6 is 0 Å². The fourth-order valence-electron chi connectivity index (χ4n) is 3.61. The number of piperidine rings is 1. The van der Waals surface area contributed by atoms with Gasteiger partial charge in [0.25, 0.3) is 0 Å². The Morgan fingerprint density at radius 3 is 2.67 bits per heavy atom. The predicted octanol–water partition coefficient (Wildman–Crippen LogP) is 3.09. The van der Waals surface area contributed by atoms with Crippen LogP contribution in [0.25, 0.3) is 0 Å². The monoisotopic (exact) mass is 286 g/mol. The molecule has 1 atom stereocenters. The number of likely N-dealkylation sites (tertiary alicyclic amines) is 1. The minimum absolute atomic E-state index is 0.283. The number of carbonyl (C=O) groups is 1. The number of hydrogen-bond donors (Lipinski definition) is 0. The maximum absolute atomic E-state index is 12.6. The van der Waals surface area contributed by atoms with Crippen molar-refractivity contribution in [1.82, 2.24) is 4.90 Å². The molecule has 1 aromatic carbocycles. The molecule has 21 heavy (non-hydrogen) atoms. The van der Waals surface area contributed by atoms with Crippen molar-refractivity contribution in [2.75, 3.05) is 24.5 Å². The van der Waals surface area contributed by atoms with E-state index in [4.69, 9.17) is 0 Å². The summed E-state index contributed by atoms with van der Waals surface area (Å²) in [6.45, 7) is 7.70. The molecule has 0 aromatic heterocycles. The van der Waals surface area contributed by atoms with Crippen LogP contribution in [0.3, 0.4) is 0 Å². The second-order valence-corrected chi connectivity index (χ2v) is 6.72. The minimum atomic E-state index is 0.283. The average Bonchev–Trinajstić information content (AvgIpc) is 2.82. The van der Waals surface area contributed by atoms with Gasteiger partial charge in [-0.2, -0.15) is 0 Å². The highest BCUT2D eigenvalue weighted by Crippen LogP contribution is 2.32. The van der Waals surface area contributed by atoms with E-state index in [1.165, 1.54) is 18.4 Å². The van der Waals surface area contributed by atoms with E-state index in [0.29, 0.717) is 12.5 Å². The van der Waals surface area contributed by atoms with Gasteiger partial charge in [-0.3, -0.25) is 4.79 Å². The third-order valence-electron chi connectivity index (χ3n) is 4.99. The lowest BCUT2D eigenvalue weighted by molar-refractivity contribution is -0.119. The number of para-hydroxylation sites is 1. The van der Waals surface area contributed by atoms with E-state index in [1.54, 1.807) is 0 Å². The van der Waals surface area contributed by atoms with Crippen molar-refractivity contribution in [2.45, 2.75) is 45.6 Å². The van der Waals surface area contributed by atoms with Gasteiger partial charge in [-0.15, -0.1) is 0 Å². The van der Waals surface area contributed by atoms with Gasteiger partial charge in [0.2, 0.25) is 5.91 Å². The third-order valence-corrected chi connectivity index (χ3v) is 4.99. The Bertz CT molecular complexity index is 506. The lowest BCUT2D eigenvalue weighted by Crippen LogP contribution is -2.39. The van der Waals surface area contributed by atoms with Crippen LogP contribution in [0.4, 0.5) is 5.69 Å². The lowest BCUT2D eigenvalue weighted by Gasteiger charge is -2.31. The molecule has 1 amide bonds. The highest BCUT2D eigenvalue weighted by molar-refractivity contribution is 5.96. The Morgan fingerprint density at radius 1 is 1.19 bits per heavy atom. The number of benzene rings is 1. The van der Waals surface area contributed by atoms with E-state index >= 15 is 0 Å². The van der Waals surface area contributed by atoms with E-state index in [-0.39, 0.29) is 5.91 Å². The Balaban J connectivity index is 1.58. The predicted molar refractivity (Wildman–Crippen MR) is 86.5 cm³/mol. The minimum Gasteiger partial charge on any atom is -0.309 e. The van der Waals surface area contributed by atoms with Crippen LogP contribution in [0, 0.1) is 5.92 Å². The van der Waals surface area contributed by atoms with E-state index in [0.717, 1.165) is 37.7 Å². The molecule has 114 valence electrons. The third kappa shape index (κ3) is 3.13. The van der Waals surface area contributed by atoms with Crippen LogP contribution in [0.15, 0.2) is 24.3 Å². The van der Waals surface area contributed by atoms with Crippen molar-refractivity contribution < 1.29 is 4.79 Å². The molecule has 1 saturated heterocycles. The first-order valence-electron chi connectivity index (χ1n) is 8.27. The van der Waals surface area contributed by atoms with Crippen LogP contribution in [0.2, 0.25) is 0 Å². The number of rotatable bonds is 3. The number of carbonyl (C=O) groups excluding carboxylic acids is 1. The maximum atomic E-state index is 12.6. The number of anilines is 1. The fraction of sp³-hybridized carbons (Fsp3) is 0.611. The first kappa shape index (κ1) is 14.6. The highest BCUT2D eigenvalue weighted by atomic mass is 16.2. The Kier molecular flexibility index (Phi) is 4.29. The second-order valence-electron chi connectivity index (χ2n) is 6.72. The molecule has 2 aliphatic rings. The molecule has 0 spiro atoms. The zero-order valence-electron chi connectivity index (χ0n) is 13.2. The molecule has 0 saturated carbocycles. The number of amides is 1. The average molecular weight is 286 g/mol. The van der Waals surface area contributed by atoms with E-state index in [2.05, 4.69) is 36.9 Å². The zero-order valence-corrected chi connectivity index (χ0v) is 13.2. The fourth-order valence-corrected chi connectivity index (χ4v) is 3.61. The van der Waals surface area contributed by atoms with Gasteiger partial charge in [-0.05, 0) is 56.8 Å². The molecule has 3 heteroatoms. The molecule has 0 aliphatic carbocycles. The van der Waals surface area contributed by atoms with Gasteiger partial charge in [0.15, 0.2) is 0 Å². The largest absolute Gasteiger partial charge is 0.309 e. The quantitative estimate of drug-likeness (QED) is 0.852. The molecule has 1 fully saturated rings. The van der Waals surface area contributed by atoms with Crippen LogP contribution in [-0.2, 0) is 11.2 Å². The molecule has 2 heterocycles. The molecule has 0 radical (unpaired) electrons. The molecule has 3 nitrogen and oxygen atoms in total. The zero-order chi connectivity index (χ0) is 14.8. The van der Waals surface area contributed by atoms with Crippen molar-refractivity contribution >= 4 is 11.6 Å². The van der Waals surface area contributed by atoms with Gasteiger partial charge >= 0.3 is 0 Å².